The van der Waals surface area contributed by atoms with Crippen LogP contribution in [-0.2, 0) is 0 Å². The van der Waals surface area contributed by atoms with Gasteiger partial charge in [-0.1, -0.05) is 55.8 Å². The maximum absolute atomic E-state index is 13.9. The number of unbranched alkanes of at least 4 members (excludes halogenated alkanes) is 1. The van der Waals surface area contributed by atoms with Gasteiger partial charge in [-0.2, -0.15) is 9.78 Å². The van der Waals surface area contributed by atoms with E-state index in [4.69, 9.17) is 19.8 Å². The van der Waals surface area contributed by atoms with E-state index in [1.165, 1.54) is 4.68 Å². The fourth-order valence-corrected chi connectivity index (χ4v) is 5.13. The van der Waals surface area contributed by atoms with E-state index in [1.807, 2.05) is 67.6 Å². The number of aliphatic imine (C=N–C) groups is 1. The van der Waals surface area contributed by atoms with Crippen LogP contribution in [0.1, 0.15) is 56.3 Å². The largest absolute Gasteiger partial charge is 0.493 e. The number of nitrogens with zero attached hydrogens (tertiary/aromatic N) is 5. The second-order valence-corrected chi connectivity index (χ2v) is 10.1. The number of aryl methyl sites for hydroxylation is 2. The van der Waals surface area contributed by atoms with Gasteiger partial charge in [-0.05, 0) is 75.6 Å². The van der Waals surface area contributed by atoms with Gasteiger partial charge in [0, 0.05) is 24.3 Å². The Bertz CT molecular complexity index is 1670. The molecule has 0 amide bonds. The van der Waals surface area contributed by atoms with Gasteiger partial charge in [0.15, 0.2) is 5.82 Å². The predicted octanol–water partition coefficient (Wildman–Crippen LogP) is 6.94. The van der Waals surface area contributed by atoms with Crippen LogP contribution in [0.3, 0.4) is 0 Å². The van der Waals surface area contributed by atoms with Crippen LogP contribution in [0.15, 0.2) is 87.7 Å². The van der Waals surface area contributed by atoms with Gasteiger partial charge >= 0.3 is 0 Å². The quantitative estimate of drug-likeness (QED) is 0.202. The molecular formula is C34H37N5O2. The zero-order valence-corrected chi connectivity index (χ0v) is 24.5. The monoisotopic (exact) mass is 547 g/mol. The summed E-state index contributed by atoms with van der Waals surface area (Å²) in [4.78, 5) is 26.3. The van der Waals surface area contributed by atoms with Crippen LogP contribution in [0.25, 0.3) is 11.1 Å². The van der Waals surface area contributed by atoms with Crippen LogP contribution in [0.5, 0.6) is 5.75 Å². The molecule has 0 radical (unpaired) electrons. The Labute approximate surface area is 241 Å². The minimum atomic E-state index is -0.223. The molecule has 0 fully saturated rings. The third-order valence-corrected chi connectivity index (χ3v) is 7.38. The van der Waals surface area contributed by atoms with Crippen LogP contribution >= 0.6 is 0 Å². The fourth-order valence-electron chi connectivity index (χ4n) is 5.13. The molecule has 7 heteroatoms. The maximum Gasteiger partial charge on any atom is 0.282 e. The van der Waals surface area contributed by atoms with Gasteiger partial charge < -0.3 is 9.64 Å². The van der Waals surface area contributed by atoms with Crippen LogP contribution in [0, 0.1) is 13.8 Å². The molecular weight excluding hydrogens is 510 g/mol. The minimum absolute atomic E-state index is 0.223. The van der Waals surface area contributed by atoms with Crippen LogP contribution in [-0.4, -0.2) is 40.8 Å². The zero-order chi connectivity index (χ0) is 28.9. The first kappa shape index (κ1) is 28.0. The first-order chi connectivity index (χ1) is 20.0. The number of anilines is 1. The summed E-state index contributed by atoms with van der Waals surface area (Å²) < 4.78 is 7.57. The Morgan fingerprint density at radius 2 is 1.66 bits per heavy atom. The fraction of sp³-hybridized carbons (Fsp3) is 0.294. The minimum Gasteiger partial charge on any atom is -0.493 e. The van der Waals surface area contributed by atoms with Crippen molar-refractivity contribution in [3.8, 4) is 16.9 Å². The number of aromatic nitrogens is 2. The van der Waals surface area contributed by atoms with Crippen LogP contribution in [0.2, 0.25) is 0 Å². The van der Waals surface area contributed by atoms with Gasteiger partial charge in [-0.15, -0.1) is 0 Å². The molecule has 0 saturated heterocycles. The standard InChI is InChI=1S/C34H37N5O2/c1-6-9-21-41-29-18-14-13-17-27(29)31-32(36-28-20-19-26(22-23(28)4)38(7-2)8-3)33-35-24(5)30(34(40)39(33)37-31)25-15-11-10-12-16-25/h10-20,22H,6-9,21H2,1-5H3. The molecule has 210 valence electrons. The first-order valence-corrected chi connectivity index (χ1v) is 14.4. The average molecular weight is 548 g/mol. The van der Waals surface area contributed by atoms with Crippen LogP contribution < -0.4 is 15.2 Å². The highest BCUT2D eigenvalue weighted by molar-refractivity contribution is 6.54. The van der Waals surface area contributed by atoms with Gasteiger partial charge in [0.25, 0.3) is 5.56 Å². The molecule has 0 bridgehead atoms. The van der Waals surface area contributed by atoms with Crippen molar-refractivity contribution in [2.45, 2.75) is 47.5 Å². The number of ether oxygens (including phenoxy) is 1. The summed E-state index contributed by atoms with van der Waals surface area (Å²) in [6.45, 7) is 12.8. The Kier molecular flexibility index (Phi) is 8.43. The second-order valence-electron chi connectivity index (χ2n) is 10.1. The summed E-state index contributed by atoms with van der Waals surface area (Å²) in [6.07, 6.45) is 1.98. The number of rotatable bonds is 10. The molecule has 0 saturated carbocycles. The van der Waals surface area contributed by atoms with E-state index in [0.717, 1.165) is 54.0 Å². The number of benzene rings is 3. The lowest BCUT2D eigenvalue weighted by Crippen LogP contribution is -2.24. The number of para-hydroxylation sites is 1. The Balaban J connectivity index is 1.70. The zero-order valence-electron chi connectivity index (χ0n) is 24.5. The molecule has 0 N–H and O–H groups in total. The van der Waals surface area contributed by atoms with Crippen molar-refractivity contribution in [1.82, 2.24) is 9.66 Å². The van der Waals surface area contributed by atoms with Gasteiger partial charge in [-0.3, -0.25) is 4.79 Å². The average Bonchev–Trinajstić information content (AvgIpc) is 3.34. The van der Waals surface area contributed by atoms with Gasteiger partial charge in [0.2, 0.25) is 0 Å². The lowest BCUT2D eigenvalue weighted by molar-refractivity contribution is 0.309. The first-order valence-electron chi connectivity index (χ1n) is 14.4. The van der Waals surface area contributed by atoms with E-state index >= 15 is 0 Å². The molecule has 1 aliphatic heterocycles. The van der Waals surface area contributed by atoms with E-state index in [-0.39, 0.29) is 5.56 Å². The van der Waals surface area contributed by atoms with Crippen molar-refractivity contribution in [2.75, 3.05) is 24.6 Å². The molecule has 0 aliphatic carbocycles. The molecule has 0 atom stereocenters. The molecule has 1 aliphatic rings. The summed E-state index contributed by atoms with van der Waals surface area (Å²) in [5, 5.41) is 4.86. The van der Waals surface area contributed by atoms with Crippen LogP contribution in [0.4, 0.5) is 11.4 Å². The Morgan fingerprint density at radius 1 is 0.927 bits per heavy atom. The van der Waals surface area contributed by atoms with Gasteiger partial charge in [-0.25, -0.2) is 9.98 Å². The molecule has 2 heterocycles. The summed E-state index contributed by atoms with van der Waals surface area (Å²) in [6, 6.07) is 23.7. The molecule has 3 aromatic carbocycles. The normalized spacial score (nSPS) is 13.3. The topological polar surface area (TPSA) is 72.1 Å². The van der Waals surface area contributed by atoms with E-state index < -0.39 is 0 Å². The summed E-state index contributed by atoms with van der Waals surface area (Å²) in [5.74, 6) is 1.14. The lowest BCUT2D eigenvalue weighted by Gasteiger charge is -2.21. The predicted molar refractivity (Wildman–Crippen MR) is 168 cm³/mol. The van der Waals surface area contributed by atoms with E-state index in [0.29, 0.717) is 40.9 Å². The summed E-state index contributed by atoms with van der Waals surface area (Å²) in [7, 11) is 0. The molecule has 1 aromatic heterocycles. The van der Waals surface area contributed by atoms with Crippen molar-refractivity contribution in [3.05, 3.63) is 106 Å². The van der Waals surface area contributed by atoms with Crippen molar-refractivity contribution in [1.29, 1.82) is 0 Å². The van der Waals surface area contributed by atoms with E-state index in [2.05, 4.69) is 44.7 Å². The Hall–Kier alpha value is -4.52. The second kappa shape index (κ2) is 12.3. The third kappa shape index (κ3) is 5.57. The number of fused-ring (bicyclic) bond motifs is 1. The van der Waals surface area contributed by atoms with Crippen molar-refractivity contribution in [3.63, 3.8) is 0 Å². The highest BCUT2D eigenvalue weighted by Gasteiger charge is 2.31. The van der Waals surface area contributed by atoms with E-state index in [1.54, 1.807) is 0 Å². The molecule has 0 unspecified atom stereocenters. The SMILES string of the molecule is CCCCOc1ccccc1C1=Nn2c(nc(C)c(-c3ccccc3)c2=O)C1=Nc1ccc(N(CC)CC)cc1C. The molecule has 5 rings (SSSR count). The summed E-state index contributed by atoms with van der Waals surface area (Å²) in [5.41, 5.74) is 6.66. The maximum atomic E-state index is 13.9. The smallest absolute Gasteiger partial charge is 0.282 e. The van der Waals surface area contributed by atoms with Crippen molar-refractivity contribution >= 4 is 22.8 Å². The lowest BCUT2D eigenvalue weighted by atomic mass is 10.0. The Morgan fingerprint density at radius 3 is 2.37 bits per heavy atom. The van der Waals surface area contributed by atoms with Crippen molar-refractivity contribution < 1.29 is 4.74 Å². The number of hydrogen-bond acceptors (Lipinski definition) is 6. The number of hydrogen-bond donors (Lipinski definition) is 0. The van der Waals surface area contributed by atoms with Gasteiger partial charge in [0.1, 0.15) is 17.2 Å². The van der Waals surface area contributed by atoms with E-state index in [9.17, 15) is 4.79 Å². The highest BCUT2D eigenvalue weighted by Crippen LogP contribution is 2.30. The molecule has 7 nitrogen and oxygen atoms in total. The summed E-state index contributed by atoms with van der Waals surface area (Å²) >= 11 is 0. The van der Waals surface area contributed by atoms with Crippen molar-refractivity contribution in [2.24, 2.45) is 10.1 Å². The molecule has 41 heavy (non-hydrogen) atoms. The highest BCUT2D eigenvalue weighted by atomic mass is 16.5. The third-order valence-electron chi connectivity index (χ3n) is 7.38. The molecule has 0 spiro atoms. The molecule has 4 aromatic rings. The van der Waals surface area contributed by atoms with Gasteiger partial charge in [0.05, 0.1) is 23.6 Å².